The molecule has 2 fully saturated rings. The predicted molar refractivity (Wildman–Crippen MR) is 147 cm³/mol. The second-order valence-corrected chi connectivity index (χ2v) is 10.9. The number of anilines is 1. The molecule has 11 heteroatoms. The van der Waals surface area contributed by atoms with Crippen LogP contribution in [0, 0.1) is 6.92 Å². The minimum Gasteiger partial charge on any atom is -0.395 e. The quantitative estimate of drug-likeness (QED) is 0.418. The molecule has 38 heavy (non-hydrogen) atoms. The minimum absolute atomic E-state index is 0.0407. The van der Waals surface area contributed by atoms with Crippen LogP contribution in [-0.2, 0) is 9.53 Å². The highest BCUT2D eigenvalue weighted by molar-refractivity contribution is 7.09. The number of aryl methyl sites for hydroxylation is 1. The second-order valence-electron chi connectivity index (χ2n) is 10.1. The van der Waals surface area contributed by atoms with Crippen LogP contribution in [0.2, 0.25) is 0 Å². The van der Waals surface area contributed by atoms with Gasteiger partial charge in [-0.25, -0.2) is 0 Å². The first-order valence-corrected chi connectivity index (χ1v) is 14.2. The lowest BCUT2D eigenvalue weighted by Crippen LogP contribution is -2.48. The van der Waals surface area contributed by atoms with Crippen molar-refractivity contribution in [2.24, 2.45) is 5.73 Å². The lowest BCUT2D eigenvalue weighted by atomic mass is 9.94. The zero-order chi connectivity index (χ0) is 27.1. The first-order chi connectivity index (χ1) is 18.3. The van der Waals surface area contributed by atoms with Crippen molar-refractivity contribution < 1.29 is 19.1 Å². The molecule has 1 atom stereocenters. The van der Waals surface area contributed by atoms with Gasteiger partial charge in [-0.15, -0.1) is 0 Å². The number of nitrogens with one attached hydrogen (secondary N) is 1. The van der Waals surface area contributed by atoms with Gasteiger partial charge in [0.2, 0.25) is 5.91 Å². The van der Waals surface area contributed by atoms with Crippen molar-refractivity contribution in [1.29, 1.82) is 0 Å². The van der Waals surface area contributed by atoms with E-state index in [1.807, 2.05) is 31.2 Å². The maximum absolute atomic E-state index is 14.0. The molecule has 1 saturated heterocycles. The highest BCUT2D eigenvalue weighted by Crippen LogP contribution is 2.30. The fourth-order valence-electron chi connectivity index (χ4n) is 5.15. The Bertz CT molecular complexity index is 1110. The Balaban J connectivity index is 1.65. The third-order valence-corrected chi connectivity index (χ3v) is 8.15. The van der Waals surface area contributed by atoms with Gasteiger partial charge in [-0.05, 0) is 43.3 Å². The molecule has 1 unspecified atom stereocenters. The van der Waals surface area contributed by atoms with Crippen molar-refractivity contribution in [3.05, 3.63) is 46.0 Å². The molecule has 1 aliphatic carbocycles. The molecule has 1 aliphatic heterocycles. The summed E-state index contributed by atoms with van der Waals surface area (Å²) < 4.78 is 9.48. The first-order valence-electron chi connectivity index (χ1n) is 13.4. The van der Waals surface area contributed by atoms with E-state index in [-0.39, 0.29) is 28.2 Å². The number of aromatic nitrogens is 1. The summed E-state index contributed by atoms with van der Waals surface area (Å²) in [6, 6.07) is 6.91. The second kappa shape index (κ2) is 13.2. The Morgan fingerprint density at radius 3 is 2.47 bits per heavy atom. The maximum atomic E-state index is 14.0. The molecule has 1 aromatic carbocycles. The van der Waals surface area contributed by atoms with E-state index in [0.29, 0.717) is 26.2 Å². The SMILES string of the molecule is Cc1ccc(C(C(=O)NC2CCCCC2)N(CCCN2CCOCC2)C(=O)c2snc(C(N)=O)c2N)cc1. The zero-order valence-electron chi connectivity index (χ0n) is 22.0. The molecule has 0 spiro atoms. The predicted octanol–water partition coefficient (Wildman–Crippen LogP) is 2.49. The fraction of sp³-hybridized carbons (Fsp3) is 0.556. The van der Waals surface area contributed by atoms with Crippen molar-refractivity contribution in [3.8, 4) is 0 Å². The first kappa shape index (κ1) is 28.0. The molecule has 4 rings (SSSR count). The summed E-state index contributed by atoms with van der Waals surface area (Å²) in [5.41, 5.74) is 13.2. The summed E-state index contributed by atoms with van der Waals surface area (Å²) >= 11 is 0.839. The molecular formula is C27H38N6O4S. The standard InChI is InChI=1S/C27H38N6O4S/c1-18-8-10-19(11-9-18)23(26(35)30-20-6-3-2-4-7-20)33(13-5-12-32-14-16-37-17-15-32)27(36)24-21(28)22(25(29)34)31-38-24/h8-11,20,23H,2-7,12-17,28H2,1H3,(H2,29,34)(H,30,35). The molecule has 3 amide bonds. The topological polar surface area (TPSA) is 144 Å². The number of amides is 3. The summed E-state index contributed by atoms with van der Waals surface area (Å²) in [6.07, 6.45) is 5.85. The Labute approximate surface area is 227 Å². The van der Waals surface area contributed by atoms with Crippen LogP contribution in [0.3, 0.4) is 0 Å². The molecule has 10 nitrogen and oxygen atoms in total. The van der Waals surface area contributed by atoms with Crippen LogP contribution < -0.4 is 16.8 Å². The number of ether oxygens (including phenoxy) is 1. The molecule has 2 heterocycles. The molecule has 206 valence electrons. The summed E-state index contributed by atoms with van der Waals surface area (Å²) in [5.74, 6) is -1.43. The van der Waals surface area contributed by atoms with E-state index in [9.17, 15) is 14.4 Å². The summed E-state index contributed by atoms with van der Waals surface area (Å²) in [4.78, 5) is 43.7. The number of carbonyl (C=O) groups is 3. The molecule has 2 aliphatic rings. The Morgan fingerprint density at radius 2 is 1.84 bits per heavy atom. The van der Waals surface area contributed by atoms with Crippen LogP contribution in [0.4, 0.5) is 5.69 Å². The number of nitrogens with two attached hydrogens (primary N) is 2. The number of carbonyl (C=O) groups excluding carboxylic acids is 3. The Kier molecular flexibility index (Phi) is 9.70. The average Bonchev–Trinajstić information content (AvgIpc) is 3.31. The third kappa shape index (κ3) is 6.89. The van der Waals surface area contributed by atoms with Crippen LogP contribution in [0.5, 0.6) is 0 Å². The van der Waals surface area contributed by atoms with Crippen LogP contribution in [0.15, 0.2) is 24.3 Å². The van der Waals surface area contributed by atoms with E-state index in [4.69, 9.17) is 16.2 Å². The maximum Gasteiger partial charge on any atom is 0.270 e. The summed E-state index contributed by atoms with van der Waals surface area (Å²) in [7, 11) is 0. The van der Waals surface area contributed by atoms with E-state index in [2.05, 4.69) is 14.6 Å². The average molecular weight is 543 g/mol. The molecule has 1 aromatic heterocycles. The van der Waals surface area contributed by atoms with Crippen molar-refractivity contribution in [2.45, 2.75) is 57.5 Å². The van der Waals surface area contributed by atoms with E-state index in [0.717, 1.165) is 68.0 Å². The van der Waals surface area contributed by atoms with Crippen LogP contribution >= 0.6 is 11.5 Å². The number of nitrogens with zero attached hydrogens (tertiary/aromatic N) is 3. The smallest absolute Gasteiger partial charge is 0.270 e. The Hall–Kier alpha value is -3.02. The van der Waals surface area contributed by atoms with Gasteiger partial charge in [-0.1, -0.05) is 49.1 Å². The normalized spacial score (nSPS) is 17.6. The van der Waals surface area contributed by atoms with Gasteiger partial charge in [0.05, 0.1) is 18.9 Å². The molecular weight excluding hydrogens is 504 g/mol. The van der Waals surface area contributed by atoms with Gasteiger partial charge in [-0.2, -0.15) is 4.37 Å². The molecule has 0 radical (unpaired) electrons. The van der Waals surface area contributed by atoms with E-state index < -0.39 is 17.9 Å². The lowest BCUT2D eigenvalue weighted by molar-refractivity contribution is -0.127. The zero-order valence-corrected chi connectivity index (χ0v) is 22.8. The van der Waals surface area contributed by atoms with E-state index in [1.54, 1.807) is 4.90 Å². The number of nitrogen functional groups attached to an aromatic ring is 1. The van der Waals surface area contributed by atoms with Crippen molar-refractivity contribution >= 4 is 34.9 Å². The van der Waals surface area contributed by atoms with Gasteiger partial charge in [0.25, 0.3) is 11.8 Å². The van der Waals surface area contributed by atoms with Crippen LogP contribution in [0.1, 0.15) is 75.9 Å². The van der Waals surface area contributed by atoms with Gasteiger partial charge in [-0.3, -0.25) is 19.3 Å². The molecule has 5 N–H and O–H groups in total. The molecule has 1 saturated carbocycles. The van der Waals surface area contributed by atoms with E-state index >= 15 is 0 Å². The highest BCUT2D eigenvalue weighted by Gasteiger charge is 2.35. The molecule has 2 aromatic rings. The monoisotopic (exact) mass is 542 g/mol. The van der Waals surface area contributed by atoms with Gasteiger partial charge in [0.15, 0.2) is 5.69 Å². The summed E-state index contributed by atoms with van der Waals surface area (Å²) in [5, 5.41) is 3.22. The van der Waals surface area contributed by atoms with Gasteiger partial charge < -0.3 is 26.4 Å². The molecule has 0 bridgehead atoms. The third-order valence-electron chi connectivity index (χ3n) is 7.30. The lowest BCUT2D eigenvalue weighted by Gasteiger charge is -2.34. The van der Waals surface area contributed by atoms with Crippen molar-refractivity contribution in [1.82, 2.24) is 19.5 Å². The number of hydrogen-bond donors (Lipinski definition) is 3. The summed E-state index contributed by atoms with van der Waals surface area (Å²) in [6.45, 7) is 6.12. The minimum atomic E-state index is -0.853. The van der Waals surface area contributed by atoms with E-state index in [1.165, 1.54) is 6.42 Å². The van der Waals surface area contributed by atoms with Gasteiger partial charge in [0.1, 0.15) is 10.9 Å². The van der Waals surface area contributed by atoms with Crippen LogP contribution in [-0.4, -0.2) is 77.3 Å². The number of hydrogen-bond acceptors (Lipinski definition) is 8. The van der Waals surface area contributed by atoms with Gasteiger partial charge in [0, 0.05) is 32.2 Å². The van der Waals surface area contributed by atoms with Crippen molar-refractivity contribution in [2.75, 3.05) is 45.1 Å². The fourth-order valence-corrected chi connectivity index (χ4v) is 5.91. The van der Waals surface area contributed by atoms with Crippen LogP contribution in [0.25, 0.3) is 0 Å². The largest absolute Gasteiger partial charge is 0.395 e. The van der Waals surface area contributed by atoms with Gasteiger partial charge >= 0.3 is 0 Å². The number of primary amides is 1. The van der Waals surface area contributed by atoms with Crippen molar-refractivity contribution in [3.63, 3.8) is 0 Å². The Morgan fingerprint density at radius 1 is 1.16 bits per heavy atom. The number of morpholine rings is 1. The number of rotatable bonds is 10. The number of benzene rings is 1. The highest BCUT2D eigenvalue weighted by atomic mass is 32.1.